The van der Waals surface area contributed by atoms with Crippen LogP contribution in [0.3, 0.4) is 0 Å². The van der Waals surface area contributed by atoms with Crippen molar-refractivity contribution in [3.05, 3.63) is 34.7 Å². The summed E-state index contributed by atoms with van der Waals surface area (Å²) in [4.78, 5) is 14.5. The predicted octanol–water partition coefficient (Wildman–Crippen LogP) is 3.02. The third-order valence-electron chi connectivity index (χ3n) is 1.86. The topological polar surface area (TPSA) is 54.6 Å². The molecule has 0 aromatic carbocycles. The molecule has 4 nitrogen and oxygen atoms in total. The van der Waals surface area contributed by atoms with Gasteiger partial charge in [0.2, 0.25) is 0 Å². The van der Waals surface area contributed by atoms with Crippen molar-refractivity contribution in [3.63, 3.8) is 0 Å². The summed E-state index contributed by atoms with van der Waals surface area (Å²) in [6.45, 7) is 5.88. The molecule has 2 aromatic rings. The minimum absolute atomic E-state index is 0.00231. The van der Waals surface area contributed by atoms with E-state index in [4.69, 9.17) is 16.7 Å². The van der Waals surface area contributed by atoms with Crippen LogP contribution in [0.1, 0.15) is 29.9 Å². The minimum Gasteiger partial charge on any atom is -0.476 e. The van der Waals surface area contributed by atoms with E-state index in [1.54, 1.807) is 16.7 Å². The largest absolute Gasteiger partial charge is 0.476 e. The van der Waals surface area contributed by atoms with Gasteiger partial charge in [-0.3, -0.25) is 0 Å². The summed E-state index contributed by atoms with van der Waals surface area (Å²) in [5.74, 6) is -1.05. The van der Waals surface area contributed by atoms with E-state index in [1.165, 1.54) is 6.20 Å². The Morgan fingerprint density at radius 3 is 2.62 bits per heavy atom. The molecule has 0 unspecified atom stereocenters. The van der Waals surface area contributed by atoms with Crippen LogP contribution in [0.4, 0.5) is 0 Å². The molecule has 0 aliphatic carbocycles. The monoisotopic (exact) mass is 240 g/mol. The molecule has 2 aromatic heterocycles. The number of imidazole rings is 1. The molecule has 0 spiro atoms. The van der Waals surface area contributed by atoms with Gasteiger partial charge in [-0.15, -0.1) is 0 Å². The summed E-state index contributed by atoms with van der Waals surface area (Å²) in [5, 5.41) is 9.18. The van der Waals surface area contributed by atoms with Crippen molar-refractivity contribution in [2.24, 2.45) is 0 Å². The zero-order valence-corrected chi connectivity index (χ0v) is 10.1. The SMILES string of the molecule is CC.Cc1cc(Cl)c2nc(C(=O)O)cn2c1. The summed E-state index contributed by atoms with van der Waals surface area (Å²) in [7, 11) is 0. The smallest absolute Gasteiger partial charge is 0.356 e. The van der Waals surface area contributed by atoms with E-state index >= 15 is 0 Å². The highest BCUT2D eigenvalue weighted by Crippen LogP contribution is 2.18. The lowest BCUT2D eigenvalue weighted by atomic mass is 10.3. The lowest BCUT2D eigenvalue weighted by Crippen LogP contribution is -1.94. The lowest BCUT2D eigenvalue weighted by molar-refractivity contribution is 0.0691. The number of aryl methyl sites for hydroxylation is 1. The minimum atomic E-state index is -1.05. The van der Waals surface area contributed by atoms with Gasteiger partial charge in [0.15, 0.2) is 11.3 Å². The second-order valence-corrected chi connectivity index (χ2v) is 3.43. The number of carbonyl (C=O) groups is 1. The third-order valence-corrected chi connectivity index (χ3v) is 2.14. The van der Waals surface area contributed by atoms with Crippen molar-refractivity contribution in [1.29, 1.82) is 0 Å². The van der Waals surface area contributed by atoms with E-state index in [-0.39, 0.29) is 5.69 Å². The molecule has 1 N–H and O–H groups in total. The fourth-order valence-electron chi connectivity index (χ4n) is 1.29. The first kappa shape index (κ1) is 12.5. The standard InChI is InChI=1S/C9H7ClN2O2.C2H6/c1-5-2-6(10)8-11-7(9(13)14)4-12(8)3-5;1-2/h2-4H,1H3,(H,13,14);1-2H3. The highest BCUT2D eigenvalue weighted by Gasteiger charge is 2.10. The molecule has 86 valence electrons. The number of carboxylic acids is 1. The van der Waals surface area contributed by atoms with Gasteiger partial charge in [0.25, 0.3) is 0 Å². The van der Waals surface area contributed by atoms with Crippen molar-refractivity contribution in [2.75, 3.05) is 0 Å². The number of halogens is 1. The first-order valence-corrected chi connectivity index (χ1v) is 5.34. The van der Waals surface area contributed by atoms with E-state index in [0.717, 1.165) is 5.56 Å². The second kappa shape index (κ2) is 4.99. The number of rotatable bonds is 1. The molecular weight excluding hydrogens is 228 g/mol. The zero-order chi connectivity index (χ0) is 12.3. The molecule has 2 rings (SSSR count). The average molecular weight is 241 g/mol. The maximum absolute atomic E-state index is 10.6. The van der Waals surface area contributed by atoms with E-state index in [2.05, 4.69) is 4.98 Å². The first-order valence-electron chi connectivity index (χ1n) is 4.96. The quantitative estimate of drug-likeness (QED) is 0.834. The summed E-state index contributed by atoms with van der Waals surface area (Å²) < 4.78 is 1.61. The molecule has 16 heavy (non-hydrogen) atoms. The van der Waals surface area contributed by atoms with Crippen LogP contribution in [0.15, 0.2) is 18.5 Å². The molecule has 0 saturated carbocycles. The molecule has 5 heteroatoms. The number of fused-ring (bicyclic) bond motifs is 1. The van der Waals surface area contributed by atoms with Gasteiger partial charge in [-0.05, 0) is 18.6 Å². The molecular formula is C11H13ClN2O2. The zero-order valence-electron chi connectivity index (χ0n) is 9.36. The van der Waals surface area contributed by atoms with E-state index in [0.29, 0.717) is 10.7 Å². The fraction of sp³-hybridized carbons (Fsp3) is 0.273. The fourth-order valence-corrected chi connectivity index (χ4v) is 1.60. The van der Waals surface area contributed by atoms with Crippen LogP contribution in [-0.2, 0) is 0 Å². The molecule has 0 fully saturated rings. The Morgan fingerprint density at radius 2 is 2.06 bits per heavy atom. The Labute approximate surface area is 98.5 Å². The van der Waals surface area contributed by atoms with Crippen LogP contribution in [0.5, 0.6) is 0 Å². The molecule has 0 saturated heterocycles. The van der Waals surface area contributed by atoms with Crippen LogP contribution < -0.4 is 0 Å². The van der Waals surface area contributed by atoms with Crippen LogP contribution in [0.25, 0.3) is 5.65 Å². The number of hydrogen-bond acceptors (Lipinski definition) is 2. The number of aromatic carboxylic acids is 1. The molecule has 2 heterocycles. The Balaban J connectivity index is 0.000000606. The van der Waals surface area contributed by atoms with Gasteiger partial charge in [-0.25, -0.2) is 9.78 Å². The van der Waals surface area contributed by atoms with Gasteiger partial charge < -0.3 is 9.51 Å². The van der Waals surface area contributed by atoms with Crippen molar-refractivity contribution in [2.45, 2.75) is 20.8 Å². The molecule has 0 aliphatic heterocycles. The van der Waals surface area contributed by atoms with Crippen LogP contribution in [0, 0.1) is 6.92 Å². The third kappa shape index (κ3) is 2.33. The highest BCUT2D eigenvalue weighted by molar-refractivity contribution is 6.33. The van der Waals surface area contributed by atoms with Gasteiger partial charge in [-0.2, -0.15) is 0 Å². The Kier molecular flexibility index (Phi) is 3.90. The summed E-state index contributed by atoms with van der Waals surface area (Å²) >= 11 is 5.90. The van der Waals surface area contributed by atoms with E-state index in [1.807, 2.05) is 20.8 Å². The van der Waals surface area contributed by atoms with Gasteiger partial charge >= 0.3 is 5.97 Å². The van der Waals surface area contributed by atoms with Gasteiger partial charge in [0.05, 0.1) is 5.02 Å². The molecule has 0 radical (unpaired) electrons. The summed E-state index contributed by atoms with van der Waals surface area (Å²) in [6.07, 6.45) is 3.22. The second-order valence-electron chi connectivity index (χ2n) is 3.03. The van der Waals surface area contributed by atoms with Gasteiger partial charge in [0, 0.05) is 12.4 Å². The van der Waals surface area contributed by atoms with Crippen LogP contribution >= 0.6 is 11.6 Å². The number of hydrogen-bond donors (Lipinski definition) is 1. The van der Waals surface area contributed by atoms with Crippen molar-refractivity contribution in [3.8, 4) is 0 Å². The van der Waals surface area contributed by atoms with Crippen molar-refractivity contribution >= 4 is 23.2 Å². The summed E-state index contributed by atoms with van der Waals surface area (Å²) in [6, 6.07) is 1.75. The Morgan fingerprint density at radius 1 is 1.44 bits per heavy atom. The molecule has 0 aliphatic rings. The number of carboxylic acid groups (broad SMARTS) is 1. The average Bonchev–Trinajstić information content (AvgIpc) is 2.64. The maximum Gasteiger partial charge on any atom is 0.356 e. The van der Waals surface area contributed by atoms with E-state index < -0.39 is 5.97 Å². The summed E-state index contributed by atoms with van der Waals surface area (Å²) in [5.41, 5.74) is 1.42. The molecule has 0 atom stereocenters. The van der Waals surface area contributed by atoms with Gasteiger partial charge in [0.1, 0.15) is 0 Å². The molecule has 0 amide bonds. The van der Waals surface area contributed by atoms with Crippen molar-refractivity contribution < 1.29 is 9.90 Å². The Hall–Kier alpha value is -1.55. The highest BCUT2D eigenvalue weighted by atomic mass is 35.5. The van der Waals surface area contributed by atoms with E-state index in [9.17, 15) is 4.79 Å². The van der Waals surface area contributed by atoms with Crippen LogP contribution in [-0.4, -0.2) is 20.5 Å². The number of nitrogens with zero attached hydrogens (tertiary/aromatic N) is 2. The lowest BCUT2D eigenvalue weighted by Gasteiger charge is -1.97. The normalized spacial score (nSPS) is 9.75. The number of aromatic nitrogens is 2. The first-order chi connectivity index (χ1) is 7.58. The van der Waals surface area contributed by atoms with Crippen molar-refractivity contribution in [1.82, 2.24) is 9.38 Å². The predicted molar refractivity (Wildman–Crippen MR) is 63.2 cm³/mol. The number of pyridine rings is 1. The van der Waals surface area contributed by atoms with Gasteiger partial charge in [-0.1, -0.05) is 25.4 Å². The maximum atomic E-state index is 10.6. The molecule has 0 bridgehead atoms. The Bertz CT molecular complexity index is 520. The van der Waals surface area contributed by atoms with Crippen LogP contribution in [0.2, 0.25) is 5.02 Å².